The van der Waals surface area contributed by atoms with E-state index in [1.54, 1.807) is 12.1 Å². The van der Waals surface area contributed by atoms with Crippen LogP contribution in [0, 0.1) is 11.3 Å². The second kappa shape index (κ2) is 5.32. The Hall–Kier alpha value is -1.38. The van der Waals surface area contributed by atoms with Gasteiger partial charge in [-0.05, 0) is 43.4 Å². The third kappa shape index (κ3) is 3.55. The molecule has 0 heterocycles. The molecule has 0 aromatic heterocycles. The summed E-state index contributed by atoms with van der Waals surface area (Å²) in [7, 11) is -4.11. The molecule has 1 N–H and O–H groups in total. The van der Waals surface area contributed by atoms with Gasteiger partial charge in [-0.1, -0.05) is 26.0 Å². The number of nitrogens with zero attached hydrogens (tertiary/aromatic N) is 1. The summed E-state index contributed by atoms with van der Waals surface area (Å²) in [5.74, 6) is 0.184. The van der Waals surface area contributed by atoms with E-state index < -0.39 is 14.9 Å². The molecule has 0 unspecified atom stereocenters. The van der Waals surface area contributed by atoms with Crippen LogP contribution in [-0.4, -0.2) is 17.7 Å². The van der Waals surface area contributed by atoms with E-state index in [1.165, 1.54) is 13.8 Å². The van der Waals surface area contributed by atoms with Gasteiger partial charge in [0.2, 0.25) is 0 Å². The van der Waals surface area contributed by atoms with Crippen molar-refractivity contribution in [2.45, 2.75) is 44.8 Å². The molecular formula is C14H19NO3S. The first kappa shape index (κ1) is 15.7. The Labute approximate surface area is 114 Å². The summed E-state index contributed by atoms with van der Waals surface area (Å²) in [6, 6.07) is 7.41. The number of rotatable bonds is 4. The highest BCUT2D eigenvalue weighted by Crippen LogP contribution is 2.25. The van der Waals surface area contributed by atoms with Gasteiger partial charge >= 0.3 is 0 Å². The Balaban J connectivity index is 3.19. The molecule has 0 aliphatic rings. The smallest absolute Gasteiger partial charge is 0.270 e. The minimum Gasteiger partial charge on any atom is -0.285 e. The fourth-order valence-corrected chi connectivity index (χ4v) is 2.23. The van der Waals surface area contributed by atoms with Crippen LogP contribution in [-0.2, 0) is 16.5 Å². The van der Waals surface area contributed by atoms with Crippen molar-refractivity contribution in [2.24, 2.45) is 0 Å². The van der Waals surface area contributed by atoms with Crippen molar-refractivity contribution < 1.29 is 13.0 Å². The van der Waals surface area contributed by atoms with Gasteiger partial charge in [0.1, 0.15) is 0 Å². The number of benzene rings is 1. The molecule has 0 atom stereocenters. The largest absolute Gasteiger partial charge is 0.285 e. The normalized spacial score (nSPS) is 12.5. The van der Waals surface area contributed by atoms with Gasteiger partial charge in [-0.15, -0.1) is 0 Å². The van der Waals surface area contributed by atoms with Gasteiger partial charge in [0.25, 0.3) is 10.1 Å². The summed E-state index contributed by atoms with van der Waals surface area (Å²) < 4.78 is 30.6. The van der Waals surface area contributed by atoms with Gasteiger partial charge in [-0.2, -0.15) is 13.7 Å². The average Bonchev–Trinajstić information content (AvgIpc) is 2.26. The van der Waals surface area contributed by atoms with Crippen molar-refractivity contribution in [1.29, 1.82) is 5.26 Å². The minimum absolute atomic E-state index is 0.184. The highest BCUT2D eigenvalue weighted by atomic mass is 32.2. The summed E-state index contributed by atoms with van der Waals surface area (Å²) >= 11 is 0. The fourth-order valence-electron chi connectivity index (χ4n) is 1.88. The molecule has 0 spiro atoms. The topological polar surface area (TPSA) is 78.2 Å². The van der Waals surface area contributed by atoms with Gasteiger partial charge in [0, 0.05) is 0 Å². The van der Waals surface area contributed by atoms with Crippen LogP contribution in [0.25, 0.3) is 0 Å². The third-order valence-electron chi connectivity index (χ3n) is 3.19. The molecule has 1 aromatic rings. The molecule has 0 saturated carbocycles. The van der Waals surface area contributed by atoms with Crippen molar-refractivity contribution in [3.05, 3.63) is 34.9 Å². The molecule has 0 aliphatic heterocycles. The third-order valence-corrected chi connectivity index (χ3v) is 4.73. The number of hydrogen-bond donors (Lipinski definition) is 1. The molecule has 0 saturated heterocycles. The molecule has 4 nitrogen and oxygen atoms in total. The lowest BCUT2D eigenvalue weighted by molar-refractivity contribution is 0.440. The fraction of sp³-hybridized carbons (Fsp3) is 0.500. The molecular weight excluding hydrogens is 262 g/mol. The molecule has 1 aromatic carbocycles. The SMILES string of the molecule is CC(C)c1cc(CC(C)(C)S(=O)(=O)O)ccc1C#N. The van der Waals surface area contributed by atoms with Crippen molar-refractivity contribution in [3.63, 3.8) is 0 Å². The van der Waals surface area contributed by atoms with Crippen molar-refractivity contribution in [3.8, 4) is 6.07 Å². The predicted octanol–water partition coefficient (Wildman–Crippen LogP) is 2.89. The first-order valence-electron chi connectivity index (χ1n) is 6.08. The lowest BCUT2D eigenvalue weighted by Gasteiger charge is -2.21. The maximum Gasteiger partial charge on any atom is 0.270 e. The van der Waals surface area contributed by atoms with Crippen molar-refractivity contribution in [2.75, 3.05) is 0 Å². The Bertz CT molecular complexity index is 610. The van der Waals surface area contributed by atoms with Crippen molar-refractivity contribution in [1.82, 2.24) is 0 Å². The van der Waals surface area contributed by atoms with E-state index in [0.717, 1.165) is 11.1 Å². The zero-order valence-corrected chi connectivity index (χ0v) is 12.5. The van der Waals surface area contributed by atoms with Crippen LogP contribution in [0.4, 0.5) is 0 Å². The van der Waals surface area contributed by atoms with E-state index in [-0.39, 0.29) is 12.3 Å². The molecule has 0 bridgehead atoms. The van der Waals surface area contributed by atoms with Gasteiger partial charge in [0.15, 0.2) is 0 Å². The molecule has 0 fully saturated rings. The second-order valence-electron chi connectivity index (χ2n) is 5.60. The minimum atomic E-state index is -4.11. The lowest BCUT2D eigenvalue weighted by Crippen LogP contribution is -2.33. The maximum absolute atomic E-state index is 11.3. The van der Waals surface area contributed by atoms with E-state index in [1.807, 2.05) is 19.9 Å². The van der Waals surface area contributed by atoms with E-state index in [2.05, 4.69) is 6.07 Å². The molecule has 0 amide bonds. The first-order chi connectivity index (χ1) is 8.58. The number of hydrogen-bond acceptors (Lipinski definition) is 3. The highest BCUT2D eigenvalue weighted by Gasteiger charge is 2.32. The van der Waals surface area contributed by atoms with Gasteiger partial charge in [-0.3, -0.25) is 4.55 Å². The van der Waals surface area contributed by atoms with E-state index in [4.69, 9.17) is 5.26 Å². The monoisotopic (exact) mass is 281 g/mol. The zero-order chi connectivity index (χ0) is 14.8. The van der Waals surface area contributed by atoms with E-state index >= 15 is 0 Å². The molecule has 5 heteroatoms. The van der Waals surface area contributed by atoms with Crippen LogP contribution in [0.1, 0.15) is 50.3 Å². The average molecular weight is 281 g/mol. The second-order valence-corrected chi connectivity index (χ2v) is 7.65. The Morgan fingerprint density at radius 1 is 1.37 bits per heavy atom. The van der Waals surface area contributed by atoms with Gasteiger partial charge < -0.3 is 0 Å². The summed E-state index contributed by atoms with van der Waals surface area (Å²) in [5, 5.41) is 9.03. The molecule has 104 valence electrons. The molecule has 1 rings (SSSR count). The summed E-state index contributed by atoms with van der Waals surface area (Å²) in [5.41, 5.74) is 2.29. The van der Waals surface area contributed by atoms with Crippen LogP contribution in [0.5, 0.6) is 0 Å². The molecule has 0 radical (unpaired) electrons. The standard InChI is InChI=1S/C14H19NO3S/c1-10(2)13-7-11(5-6-12(13)9-15)8-14(3,4)19(16,17)18/h5-7,10H,8H2,1-4H3,(H,16,17,18). The van der Waals surface area contributed by atoms with Gasteiger partial charge in [-0.25, -0.2) is 0 Å². The summed E-state index contributed by atoms with van der Waals surface area (Å²) in [4.78, 5) is 0. The van der Waals surface area contributed by atoms with E-state index in [0.29, 0.717) is 5.56 Å². The number of nitriles is 1. The quantitative estimate of drug-likeness (QED) is 0.861. The highest BCUT2D eigenvalue weighted by molar-refractivity contribution is 7.87. The van der Waals surface area contributed by atoms with Crippen LogP contribution < -0.4 is 0 Å². The Morgan fingerprint density at radius 3 is 2.37 bits per heavy atom. The van der Waals surface area contributed by atoms with E-state index in [9.17, 15) is 13.0 Å². The molecule has 19 heavy (non-hydrogen) atoms. The summed E-state index contributed by atoms with van der Waals surface area (Å²) in [6.45, 7) is 6.92. The zero-order valence-electron chi connectivity index (χ0n) is 11.6. The maximum atomic E-state index is 11.3. The predicted molar refractivity (Wildman–Crippen MR) is 74.6 cm³/mol. The van der Waals surface area contributed by atoms with Crippen LogP contribution in [0.2, 0.25) is 0 Å². The van der Waals surface area contributed by atoms with Crippen LogP contribution >= 0.6 is 0 Å². The Kier molecular flexibility index (Phi) is 4.39. The van der Waals surface area contributed by atoms with Crippen molar-refractivity contribution >= 4 is 10.1 Å². The van der Waals surface area contributed by atoms with Gasteiger partial charge in [0.05, 0.1) is 16.4 Å². The summed E-state index contributed by atoms with van der Waals surface area (Å²) in [6.07, 6.45) is 0.206. The van der Waals surface area contributed by atoms with Crippen LogP contribution in [0.15, 0.2) is 18.2 Å². The lowest BCUT2D eigenvalue weighted by atomic mass is 9.92. The Morgan fingerprint density at radius 2 is 1.95 bits per heavy atom. The molecule has 0 aliphatic carbocycles. The van der Waals surface area contributed by atoms with Crippen LogP contribution in [0.3, 0.4) is 0 Å². The first-order valence-corrected chi connectivity index (χ1v) is 7.52.